The van der Waals surface area contributed by atoms with Gasteiger partial charge in [0, 0.05) is 18.8 Å². The van der Waals surface area contributed by atoms with Crippen molar-refractivity contribution in [1.29, 1.82) is 5.41 Å². The van der Waals surface area contributed by atoms with Crippen LogP contribution in [0.1, 0.15) is 49.8 Å². The van der Waals surface area contributed by atoms with E-state index in [1.807, 2.05) is 19.1 Å². The molecule has 4 nitrogen and oxygen atoms in total. The second-order valence-corrected chi connectivity index (χ2v) is 5.49. The van der Waals surface area contributed by atoms with Gasteiger partial charge in [0.2, 0.25) is 0 Å². The van der Waals surface area contributed by atoms with E-state index in [1.165, 1.54) is 38.5 Å². The maximum Gasteiger partial charge on any atom is 0.139 e. The highest BCUT2D eigenvalue weighted by Gasteiger charge is 2.21. The first-order chi connectivity index (χ1) is 9.09. The smallest absolute Gasteiger partial charge is 0.139 e. The molecule has 3 N–H and O–H groups in total. The molecule has 0 bridgehead atoms. The van der Waals surface area contributed by atoms with Gasteiger partial charge in [-0.2, -0.15) is 0 Å². The number of nitrogens with zero attached hydrogens (tertiary/aromatic N) is 2. The maximum atomic E-state index is 7.71. The monoisotopic (exact) mass is 260 g/mol. The third-order valence-corrected chi connectivity index (χ3v) is 4.01. The first-order valence-electron chi connectivity index (χ1n) is 7.14. The minimum atomic E-state index is 0.1000. The van der Waals surface area contributed by atoms with Gasteiger partial charge in [-0.25, -0.2) is 4.98 Å². The van der Waals surface area contributed by atoms with Gasteiger partial charge >= 0.3 is 0 Å². The lowest BCUT2D eigenvalue weighted by Gasteiger charge is -2.30. The van der Waals surface area contributed by atoms with Gasteiger partial charge in [-0.3, -0.25) is 5.41 Å². The number of amidine groups is 1. The molecule has 0 aromatic carbocycles. The molecule has 1 aliphatic carbocycles. The number of hydrogen-bond donors (Lipinski definition) is 2. The minimum absolute atomic E-state index is 0.1000. The molecule has 1 aromatic heterocycles. The van der Waals surface area contributed by atoms with Gasteiger partial charge in [-0.05, 0) is 31.9 Å². The van der Waals surface area contributed by atoms with Crippen LogP contribution in [0.15, 0.2) is 12.1 Å². The van der Waals surface area contributed by atoms with E-state index >= 15 is 0 Å². The number of nitrogens with two attached hydrogens (primary N) is 1. The normalized spacial score (nSPS) is 16.9. The van der Waals surface area contributed by atoms with Crippen LogP contribution in [-0.4, -0.2) is 23.9 Å². The number of pyridine rings is 1. The molecule has 1 fully saturated rings. The summed E-state index contributed by atoms with van der Waals surface area (Å²) in [7, 11) is 2.09. The highest BCUT2D eigenvalue weighted by atomic mass is 15.2. The molecule has 104 valence electrons. The summed E-state index contributed by atoms with van der Waals surface area (Å²) in [5.41, 5.74) is 7.40. The Balaban J connectivity index is 2.28. The number of rotatable bonds is 3. The highest BCUT2D eigenvalue weighted by molar-refractivity contribution is 5.99. The molecule has 0 amide bonds. The Morgan fingerprint density at radius 2 is 1.89 bits per heavy atom. The quantitative estimate of drug-likeness (QED) is 0.499. The van der Waals surface area contributed by atoms with Gasteiger partial charge in [-0.1, -0.05) is 25.7 Å². The van der Waals surface area contributed by atoms with Crippen molar-refractivity contribution >= 4 is 11.7 Å². The Hall–Kier alpha value is -1.58. The van der Waals surface area contributed by atoms with Crippen LogP contribution in [0.5, 0.6) is 0 Å². The zero-order valence-corrected chi connectivity index (χ0v) is 11.9. The maximum absolute atomic E-state index is 7.71. The average Bonchev–Trinajstić information content (AvgIpc) is 2.66. The summed E-state index contributed by atoms with van der Waals surface area (Å²) < 4.78 is 0. The number of anilines is 1. The van der Waals surface area contributed by atoms with Crippen LogP contribution in [-0.2, 0) is 0 Å². The number of aromatic nitrogens is 1. The molecule has 0 saturated heterocycles. The predicted molar refractivity (Wildman–Crippen MR) is 79.9 cm³/mol. The fourth-order valence-corrected chi connectivity index (χ4v) is 2.84. The Labute approximate surface area is 115 Å². The zero-order valence-electron chi connectivity index (χ0n) is 11.9. The van der Waals surface area contributed by atoms with Crippen molar-refractivity contribution in [2.24, 2.45) is 5.73 Å². The van der Waals surface area contributed by atoms with Crippen molar-refractivity contribution in [1.82, 2.24) is 4.98 Å². The summed E-state index contributed by atoms with van der Waals surface area (Å²) in [4.78, 5) is 6.84. The van der Waals surface area contributed by atoms with Crippen molar-refractivity contribution in [2.45, 2.75) is 51.5 Å². The van der Waals surface area contributed by atoms with Gasteiger partial charge in [0.1, 0.15) is 11.7 Å². The van der Waals surface area contributed by atoms with Gasteiger partial charge in [0.25, 0.3) is 0 Å². The van der Waals surface area contributed by atoms with Crippen LogP contribution in [0.25, 0.3) is 0 Å². The minimum Gasteiger partial charge on any atom is -0.384 e. The van der Waals surface area contributed by atoms with Crippen LogP contribution < -0.4 is 10.6 Å². The lowest BCUT2D eigenvalue weighted by atomic mass is 10.1. The van der Waals surface area contributed by atoms with Crippen molar-refractivity contribution < 1.29 is 0 Å². The van der Waals surface area contributed by atoms with Crippen LogP contribution in [0.4, 0.5) is 5.82 Å². The Kier molecular flexibility index (Phi) is 4.40. The fraction of sp³-hybridized carbons (Fsp3) is 0.600. The molecule has 0 radical (unpaired) electrons. The number of aryl methyl sites for hydroxylation is 1. The molecule has 1 aliphatic rings. The second-order valence-electron chi connectivity index (χ2n) is 5.49. The van der Waals surface area contributed by atoms with Gasteiger partial charge in [-0.15, -0.1) is 0 Å². The zero-order chi connectivity index (χ0) is 13.8. The molecular weight excluding hydrogens is 236 g/mol. The molecule has 1 heterocycles. The lowest BCUT2D eigenvalue weighted by molar-refractivity contribution is 0.548. The molecule has 0 atom stereocenters. The summed E-state index contributed by atoms with van der Waals surface area (Å²) >= 11 is 0. The Morgan fingerprint density at radius 3 is 2.47 bits per heavy atom. The Morgan fingerprint density at radius 1 is 1.26 bits per heavy atom. The first kappa shape index (κ1) is 13.8. The van der Waals surface area contributed by atoms with Crippen molar-refractivity contribution in [2.75, 3.05) is 11.9 Å². The van der Waals surface area contributed by atoms with Crippen molar-refractivity contribution in [3.8, 4) is 0 Å². The second kappa shape index (κ2) is 6.04. The van der Waals surface area contributed by atoms with E-state index in [9.17, 15) is 0 Å². The molecule has 1 aromatic rings. The summed E-state index contributed by atoms with van der Waals surface area (Å²) in [6.45, 7) is 1.98. The van der Waals surface area contributed by atoms with Crippen LogP contribution in [0.2, 0.25) is 0 Å². The van der Waals surface area contributed by atoms with Crippen LogP contribution >= 0.6 is 0 Å². The number of nitrogen functional groups attached to an aromatic ring is 1. The summed E-state index contributed by atoms with van der Waals surface area (Å²) in [6, 6.07) is 4.35. The first-order valence-corrected chi connectivity index (χ1v) is 7.14. The molecular formula is C15H24N4. The van der Waals surface area contributed by atoms with Gasteiger partial charge in [0.05, 0.1) is 5.56 Å². The molecule has 2 rings (SSSR count). The molecule has 0 spiro atoms. The molecule has 0 aliphatic heterocycles. The summed E-state index contributed by atoms with van der Waals surface area (Å²) in [6.07, 6.45) is 7.68. The van der Waals surface area contributed by atoms with E-state index in [-0.39, 0.29) is 5.84 Å². The Bertz CT molecular complexity index is 447. The predicted octanol–water partition coefficient (Wildman–Crippen LogP) is 2.83. The average molecular weight is 260 g/mol. The third-order valence-electron chi connectivity index (χ3n) is 4.01. The van der Waals surface area contributed by atoms with Crippen molar-refractivity contribution in [3.05, 3.63) is 23.4 Å². The van der Waals surface area contributed by atoms with Gasteiger partial charge < -0.3 is 10.6 Å². The largest absolute Gasteiger partial charge is 0.384 e. The van der Waals surface area contributed by atoms with E-state index in [0.717, 1.165) is 17.1 Å². The molecule has 0 unspecified atom stereocenters. The summed E-state index contributed by atoms with van der Waals surface area (Å²) in [5.74, 6) is 0.961. The van der Waals surface area contributed by atoms with Crippen LogP contribution in [0, 0.1) is 12.3 Å². The topological polar surface area (TPSA) is 66.0 Å². The van der Waals surface area contributed by atoms with Crippen LogP contribution in [0.3, 0.4) is 0 Å². The van der Waals surface area contributed by atoms with Crippen molar-refractivity contribution in [3.63, 3.8) is 0 Å². The lowest BCUT2D eigenvalue weighted by Crippen LogP contribution is -2.34. The number of hydrogen-bond acceptors (Lipinski definition) is 3. The standard InChI is InChI=1S/C15H24N4/c1-11-9-10-13(14(16)17)15(18-11)19(2)12-7-5-3-4-6-8-12/h9-10,12H,3-8H2,1-2H3,(H3,16,17). The fourth-order valence-electron chi connectivity index (χ4n) is 2.84. The van der Waals surface area contributed by atoms with E-state index in [0.29, 0.717) is 6.04 Å². The van der Waals surface area contributed by atoms with E-state index in [4.69, 9.17) is 11.1 Å². The number of nitrogens with one attached hydrogen (secondary N) is 1. The van der Waals surface area contributed by atoms with Gasteiger partial charge in [0.15, 0.2) is 0 Å². The van der Waals surface area contributed by atoms with E-state index in [2.05, 4.69) is 16.9 Å². The molecule has 4 heteroatoms. The molecule has 1 saturated carbocycles. The van der Waals surface area contributed by atoms with E-state index < -0.39 is 0 Å². The third kappa shape index (κ3) is 3.25. The molecule has 19 heavy (non-hydrogen) atoms. The highest BCUT2D eigenvalue weighted by Crippen LogP contribution is 2.26. The van der Waals surface area contributed by atoms with E-state index in [1.54, 1.807) is 0 Å². The SMILES string of the molecule is Cc1ccc(C(=N)N)c(N(C)C2CCCCCC2)n1. The summed E-state index contributed by atoms with van der Waals surface area (Å²) in [5, 5.41) is 7.71.